The summed E-state index contributed by atoms with van der Waals surface area (Å²) in [5, 5.41) is 11.4. The molecule has 0 saturated carbocycles. The van der Waals surface area contributed by atoms with E-state index >= 15 is 0 Å². The van der Waals surface area contributed by atoms with Crippen molar-refractivity contribution in [3.8, 4) is 5.75 Å². The summed E-state index contributed by atoms with van der Waals surface area (Å²) in [4.78, 5) is 12.1. The number of methoxy groups -OCH3 is 1. The Bertz CT molecular complexity index is 682. The van der Waals surface area contributed by atoms with E-state index in [1.54, 1.807) is 32.2 Å². The number of aliphatic hydroxyl groups is 1. The summed E-state index contributed by atoms with van der Waals surface area (Å²) < 4.78 is 32.1. The maximum Gasteiger partial charge on any atom is 0.243 e. The second-order valence-corrected chi connectivity index (χ2v) is 7.76. The lowest BCUT2D eigenvalue weighted by Gasteiger charge is -2.30. The van der Waals surface area contributed by atoms with Crippen LogP contribution in [-0.2, 0) is 14.8 Å². The number of nitrogens with one attached hydrogen (secondary N) is 1. The molecule has 1 aliphatic rings. The van der Waals surface area contributed by atoms with E-state index in [0.29, 0.717) is 31.7 Å². The first kappa shape index (κ1) is 18.7. The third kappa shape index (κ3) is 4.06. The number of aliphatic hydroxyl groups excluding tert-OH is 1. The van der Waals surface area contributed by atoms with Crippen LogP contribution in [0, 0.1) is 12.8 Å². The highest BCUT2D eigenvalue weighted by Gasteiger charge is 2.32. The molecule has 0 atom stereocenters. The predicted molar refractivity (Wildman–Crippen MR) is 89.3 cm³/mol. The van der Waals surface area contributed by atoms with E-state index in [2.05, 4.69) is 5.32 Å². The van der Waals surface area contributed by atoms with Crippen molar-refractivity contribution >= 4 is 15.9 Å². The van der Waals surface area contributed by atoms with Crippen LogP contribution < -0.4 is 10.1 Å². The van der Waals surface area contributed by atoms with Crippen LogP contribution in [0.15, 0.2) is 23.1 Å². The minimum Gasteiger partial charge on any atom is -0.496 e. The van der Waals surface area contributed by atoms with Gasteiger partial charge >= 0.3 is 0 Å². The molecule has 8 heteroatoms. The van der Waals surface area contributed by atoms with Crippen molar-refractivity contribution in [3.63, 3.8) is 0 Å². The number of hydrogen-bond acceptors (Lipinski definition) is 5. The number of ether oxygens (including phenoxy) is 1. The van der Waals surface area contributed by atoms with Gasteiger partial charge < -0.3 is 15.2 Å². The minimum absolute atomic E-state index is 0.101. The zero-order valence-corrected chi connectivity index (χ0v) is 14.8. The summed E-state index contributed by atoms with van der Waals surface area (Å²) in [6.45, 7) is 2.54. The summed E-state index contributed by atoms with van der Waals surface area (Å²) in [6.07, 6.45) is 0.956. The zero-order valence-electron chi connectivity index (χ0n) is 14.0. The number of sulfonamides is 1. The van der Waals surface area contributed by atoms with E-state index in [1.165, 1.54) is 4.31 Å². The summed E-state index contributed by atoms with van der Waals surface area (Å²) in [7, 11) is -2.02. The van der Waals surface area contributed by atoms with Crippen molar-refractivity contribution in [1.82, 2.24) is 9.62 Å². The molecule has 2 rings (SSSR count). The molecule has 1 saturated heterocycles. The van der Waals surface area contributed by atoms with E-state index in [1.807, 2.05) is 0 Å². The molecular weight excluding hydrogens is 332 g/mol. The summed E-state index contributed by atoms with van der Waals surface area (Å²) in [6, 6.07) is 4.80. The lowest BCUT2D eigenvalue weighted by atomic mass is 9.97. The molecule has 1 amide bonds. The number of hydrogen-bond donors (Lipinski definition) is 2. The van der Waals surface area contributed by atoms with E-state index < -0.39 is 10.0 Å². The van der Waals surface area contributed by atoms with Gasteiger partial charge in [-0.25, -0.2) is 8.42 Å². The number of carbonyl (C=O) groups is 1. The summed E-state index contributed by atoms with van der Waals surface area (Å²) >= 11 is 0. The van der Waals surface area contributed by atoms with Gasteiger partial charge in [0.2, 0.25) is 15.9 Å². The largest absolute Gasteiger partial charge is 0.496 e. The Kier molecular flexibility index (Phi) is 6.20. The summed E-state index contributed by atoms with van der Waals surface area (Å²) in [5.41, 5.74) is 0.761. The number of nitrogens with zero attached hydrogens (tertiary/aromatic N) is 1. The Morgan fingerprint density at radius 3 is 2.58 bits per heavy atom. The van der Waals surface area contributed by atoms with Crippen LogP contribution in [0.4, 0.5) is 0 Å². The van der Waals surface area contributed by atoms with Gasteiger partial charge in [0.15, 0.2) is 0 Å². The molecule has 0 aliphatic carbocycles. The van der Waals surface area contributed by atoms with Gasteiger partial charge in [-0.05, 0) is 43.5 Å². The average Bonchev–Trinajstić information content (AvgIpc) is 2.59. The SMILES string of the molecule is COc1ccc(S(=O)(=O)N2CCC(C(=O)NCCO)CC2)cc1C. The molecule has 0 aromatic heterocycles. The van der Waals surface area contributed by atoms with E-state index in [9.17, 15) is 13.2 Å². The Morgan fingerprint density at radius 1 is 1.38 bits per heavy atom. The van der Waals surface area contributed by atoms with Crippen molar-refractivity contribution in [2.45, 2.75) is 24.7 Å². The minimum atomic E-state index is -3.57. The average molecular weight is 356 g/mol. The molecule has 1 heterocycles. The molecule has 7 nitrogen and oxygen atoms in total. The Labute approximate surface area is 142 Å². The molecule has 0 unspecified atom stereocenters. The normalized spacial score (nSPS) is 16.8. The standard InChI is InChI=1S/C16H24N2O5S/c1-12-11-14(3-4-15(12)23-2)24(21,22)18-8-5-13(6-9-18)16(20)17-7-10-19/h3-4,11,13,19H,5-10H2,1-2H3,(H,17,20). The molecule has 24 heavy (non-hydrogen) atoms. The highest BCUT2D eigenvalue weighted by atomic mass is 32.2. The first-order chi connectivity index (χ1) is 11.4. The van der Waals surface area contributed by atoms with Crippen LogP contribution in [-0.4, -0.2) is 57.1 Å². The Morgan fingerprint density at radius 2 is 2.04 bits per heavy atom. The molecule has 1 fully saturated rings. The topological polar surface area (TPSA) is 95.9 Å². The number of amides is 1. The van der Waals surface area contributed by atoms with Gasteiger partial charge in [0.25, 0.3) is 0 Å². The van der Waals surface area contributed by atoms with Crippen LogP contribution in [0.1, 0.15) is 18.4 Å². The fourth-order valence-electron chi connectivity index (χ4n) is 2.84. The third-order valence-corrected chi connectivity index (χ3v) is 6.13. The Balaban J connectivity index is 2.04. The molecule has 2 N–H and O–H groups in total. The number of carbonyl (C=O) groups excluding carboxylic acids is 1. The molecule has 1 aliphatic heterocycles. The van der Waals surface area contributed by atoms with Gasteiger partial charge in [-0.15, -0.1) is 0 Å². The monoisotopic (exact) mass is 356 g/mol. The molecule has 1 aromatic rings. The maximum absolute atomic E-state index is 12.7. The molecule has 134 valence electrons. The van der Waals surface area contributed by atoms with Crippen molar-refractivity contribution in [3.05, 3.63) is 23.8 Å². The molecule has 0 spiro atoms. The van der Waals surface area contributed by atoms with Crippen LogP contribution in [0.25, 0.3) is 0 Å². The van der Waals surface area contributed by atoms with Crippen LogP contribution in [0.3, 0.4) is 0 Å². The van der Waals surface area contributed by atoms with Gasteiger partial charge in [0.1, 0.15) is 5.75 Å². The number of aryl methyl sites for hydroxylation is 1. The van der Waals surface area contributed by atoms with E-state index in [4.69, 9.17) is 9.84 Å². The Hall–Kier alpha value is -1.64. The fraction of sp³-hybridized carbons (Fsp3) is 0.562. The predicted octanol–water partition coefficient (Wildman–Crippen LogP) is 0.513. The van der Waals surface area contributed by atoms with Crippen molar-refractivity contribution in [1.29, 1.82) is 0 Å². The van der Waals surface area contributed by atoms with E-state index in [0.717, 1.165) is 5.56 Å². The first-order valence-corrected chi connectivity index (χ1v) is 9.37. The molecular formula is C16H24N2O5S. The lowest BCUT2D eigenvalue weighted by Crippen LogP contribution is -2.43. The number of rotatable bonds is 6. The molecule has 0 radical (unpaired) electrons. The second-order valence-electron chi connectivity index (χ2n) is 5.82. The van der Waals surface area contributed by atoms with E-state index in [-0.39, 0.29) is 29.9 Å². The third-order valence-electron chi connectivity index (χ3n) is 4.24. The van der Waals surface area contributed by atoms with Crippen LogP contribution in [0.5, 0.6) is 5.75 Å². The number of piperidine rings is 1. The molecule has 1 aromatic carbocycles. The highest BCUT2D eigenvalue weighted by molar-refractivity contribution is 7.89. The van der Waals surface area contributed by atoms with Gasteiger partial charge in [0.05, 0.1) is 18.6 Å². The van der Waals surface area contributed by atoms with Crippen molar-refractivity contribution < 1.29 is 23.1 Å². The van der Waals surface area contributed by atoms with Crippen LogP contribution >= 0.6 is 0 Å². The number of benzene rings is 1. The fourth-order valence-corrected chi connectivity index (χ4v) is 4.40. The smallest absolute Gasteiger partial charge is 0.243 e. The summed E-state index contributed by atoms with van der Waals surface area (Å²) in [5.74, 6) is 0.315. The zero-order chi connectivity index (χ0) is 17.7. The maximum atomic E-state index is 12.7. The highest BCUT2D eigenvalue weighted by Crippen LogP contribution is 2.27. The van der Waals surface area contributed by atoms with Gasteiger partial charge in [-0.3, -0.25) is 4.79 Å². The first-order valence-electron chi connectivity index (χ1n) is 7.93. The van der Waals surface area contributed by atoms with Gasteiger partial charge in [-0.1, -0.05) is 0 Å². The van der Waals surface area contributed by atoms with Gasteiger partial charge in [0, 0.05) is 25.6 Å². The van der Waals surface area contributed by atoms with Crippen molar-refractivity contribution in [2.75, 3.05) is 33.4 Å². The van der Waals surface area contributed by atoms with Crippen molar-refractivity contribution in [2.24, 2.45) is 5.92 Å². The second kappa shape index (κ2) is 7.96. The lowest BCUT2D eigenvalue weighted by molar-refractivity contribution is -0.126. The van der Waals surface area contributed by atoms with Gasteiger partial charge in [-0.2, -0.15) is 4.31 Å². The van der Waals surface area contributed by atoms with Crippen LogP contribution in [0.2, 0.25) is 0 Å². The molecule has 0 bridgehead atoms. The quantitative estimate of drug-likeness (QED) is 0.774.